The van der Waals surface area contributed by atoms with Crippen molar-refractivity contribution in [3.05, 3.63) is 46.2 Å². The number of rotatable bonds is 6. The highest BCUT2D eigenvalue weighted by atomic mass is 32.1. The summed E-state index contributed by atoms with van der Waals surface area (Å²) in [6, 6.07) is 3.92. The van der Waals surface area contributed by atoms with Crippen molar-refractivity contribution in [3.8, 4) is 10.8 Å². The standard InChI is InChI=1S/C18H16N4O3S2/c1-3-24-18(23)14-10(2)13-15(20-9-21-17(13)27-14)19-7-11-8-25-16(22-11)12-5-4-6-26-12/h4-6,8-9H,3,7H2,1-2H3,(H,19,20,21). The van der Waals surface area contributed by atoms with Crippen LogP contribution in [0.3, 0.4) is 0 Å². The first kappa shape index (κ1) is 17.6. The van der Waals surface area contributed by atoms with Gasteiger partial charge in [-0.25, -0.2) is 19.7 Å². The van der Waals surface area contributed by atoms with Crippen LogP contribution in [-0.4, -0.2) is 27.5 Å². The number of hydrogen-bond donors (Lipinski definition) is 1. The Labute approximate surface area is 163 Å². The molecule has 4 rings (SSSR count). The summed E-state index contributed by atoms with van der Waals surface area (Å²) in [4.78, 5) is 27.5. The molecule has 0 aliphatic rings. The lowest BCUT2D eigenvalue weighted by Crippen LogP contribution is -2.04. The molecule has 0 amide bonds. The number of nitrogens with one attached hydrogen (secondary N) is 1. The maximum Gasteiger partial charge on any atom is 0.348 e. The lowest BCUT2D eigenvalue weighted by Gasteiger charge is -2.05. The lowest BCUT2D eigenvalue weighted by atomic mass is 10.2. The Bertz CT molecular complexity index is 1090. The zero-order chi connectivity index (χ0) is 18.8. The average molecular weight is 400 g/mol. The Hall–Kier alpha value is -2.78. The van der Waals surface area contributed by atoms with E-state index in [-0.39, 0.29) is 5.97 Å². The van der Waals surface area contributed by atoms with Gasteiger partial charge in [0.15, 0.2) is 0 Å². The van der Waals surface area contributed by atoms with E-state index in [9.17, 15) is 4.79 Å². The molecule has 0 aliphatic heterocycles. The minimum absolute atomic E-state index is 0.332. The molecule has 0 atom stereocenters. The second-order valence-corrected chi connectivity index (χ2v) is 7.60. The topological polar surface area (TPSA) is 90.1 Å². The largest absolute Gasteiger partial charge is 0.462 e. The summed E-state index contributed by atoms with van der Waals surface area (Å²) in [7, 11) is 0. The number of aromatic nitrogens is 3. The third-order valence-electron chi connectivity index (χ3n) is 3.91. The molecule has 4 heterocycles. The number of hydrogen-bond acceptors (Lipinski definition) is 9. The predicted molar refractivity (Wildman–Crippen MR) is 105 cm³/mol. The number of thiophene rings is 2. The molecular weight excluding hydrogens is 384 g/mol. The molecule has 0 aliphatic carbocycles. The predicted octanol–water partition coefficient (Wildman–Crippen LogP) is 4.51. The van der Waals surface area contributed by atoms with E-state index < -0.39 is 0 Å². The number of ether oxygens (including phenoxy) is 1. The fraction of sp³-hybridized carbons (Fsp3) is 0.222. The van der Waals surface area contributed by atoms with Gasteiger partial charge in [0, 0.05) is 0 Å². The average Bonchev–Trinajstić information content (AvgIpc) is 3.40. The Morgan fingerprint density at radius 2 is 2.26 bits per heavy atom. The monoisotopic (exact) mass is 400 g/mol. The SMILES string of the molecule is CCOC(=O)c1sc2ncnc(NCc3coc(-c4cccs4)n3)c2c1C. The summed E-state index contributed by atoms with van der Waals surface area (Å²) in [5.74, 6) is 0.928. The maximum absolute atomic E-state index is 12.1. The Balaban J connectivity index is 1.58. The molecule has 7 nitrogen and oxygen atoms in total. The van der Waals surface area contributed by atoms with Gasteiger partial charge in [-0.15, -0.1) is 22.7 Å². The van der Waals surface area contributed by atoms with Crippen LogP contribution < -0.4 is 5.32 Å². The molecule has 0 bridgehead atoms. The van der Waals surface area contributed by atoms with E-state index >= 15 is 0 Å². The number of oxazole rings is 1. The van der Waals surface area contributed by atoms with Crippen LogP contribution in [0.4, 0.5) is 5.82 Å². The summed E-state index contributed by atoms with van der Waals surface area (Å²) >= 11 is 2.89. The second kappa shape index (κ2) is 7.45. The van der Waals surface area contributed by atoms with Gasteiger partial charge in [0.1, 0.15) is 28.1 Å². The number of carbonyl (C=O) groups excluding carboxylic acids is 1. The summed E-state index contributed by atoms with van der Waals surface area (Å²) in [6.45, 7) is 4.45. The van der Waals surface area contributed by atoms with E-state index in [2.05, 4.69) is 20.3 Å². The molecule has 9 heteroatoms. The van der Waals surface area contributed by atoms with Gasteiger partial charge >= 0.3 is 5.97 Å². The first-order valence-electron chi connectivity index (χ1n) is 8.30. The number of esters is 1. The molecule has 27 heavy (non-hydrogen) atoms. The molecule has 4 aromatic rings. The van der Waals surface area contributed by atoms with Gasteiger partial charge in [-0.05, 0) is 30.9 Å². The smallest absolute Gasteiger partial charge is 0.348 e. The summed E-state index contributed by atoms with van der Waals surface area (Å²) in [5.41, 5.74) is 1.58. The zero-order valence-electron chi connectivity index (χ0n) is 14.7. The van der Waals surface area contributed by atoms with Crippen LogP contribution in [0.25, 0.3) is 21.0 Å². The van der Waals surface area contributed by atoms with Crippen LogP contribution in [0, 0.1) is 6.92 Å². The molecule has 0 radical (unpaired) electrons. The van der Waals surface area contributed by atoms with E-state index in [0.717, 1.165) is 26.4 Å². The first-order valence-corrected chi connectivity index (χ1v) is 10.0. The number of anilines is 1. The van der Waals surface area contributed by atoms with Gasteiger partial charge in [0.05, 0.1) is 29.1 Å². The van der Waals surface area contributed by atoms with Crippen molar-refractivity contribution in [1.82, 2.24) is 15.0 Å². The number of aryl methyl sites for hydroxylation is 1. The van der Waals surface area contributed by atoms with Crippen molar-refractivity contribution in [2.45, 2.75) is 20.4 Å². The van der Waals surface area contributed by atoms with Gasteiger partial charge < -0.3 is 14.5 Å². The van der Waals surface area contributed by atoms with Crippen molar-refractivity contribution in [1.29, 1.82) is 0 Å². The number of nitrogens with zero attached hydrogens (tertiary/aromatic N) is 3. The van der Waals surface area contributed by atoms with Crippen LogP contribution in [-0.2, 0) is 11.3 Å². The highest BCUT2D eigenvalue weighted by Crippen LogP contribution is 2.34. The molecule has 0 saturated carbocycles. The van der Waals surface area contributed by atoms with Crippen LogP contribution in [0.1, 0.15) is 27.9 Å². The number of carbonyl (C=O) groups is 1. The van der Waals surface area contributed by atoms with Gasteiger partial charge in [-0.2, -0.15) is 0 Å². The third-order valence-corrected chi connectivity index (χ3v) is 5.95. The van der Waals surface area contributed by atoms with Crippen molar-refractivity contribution >= 4 is 44.7 Å². The number of fused-ring (bicyclic) bond motifs is 1. The van der Waals surface area contributed by atoms with Gasteiger partial charge in [0.25, 0.3) is 0 Å². The zero-order valence-corrected chi connectivity index (χ0v) is 16.3. The van der Waals surface area contributed by atoms with Crippen LogP contribution in [0.2, 0.25) is 0 Å². The van der Waals surface area contributed by atoms with Crippen molar-refractivity contribution in [3.63, 3.8) is 0 Å². The Kier molecular flexibility index (Phi) is 4.87. The molecule has 0 aromatic carbocycles. The van der Waals surface area contributed by atoms with Crippen LogP contribution >= 0.6 is 22.7 Å². The maximum atomic E-state index is 12.1. The molecule has 0 spiro atoms. The van der Waals surface area contributed by atoms with Crippen molar-refractivity contribution < 1.29 is 13.9 Å². The highest BCUT2D eigenvalue weighted by Gasteiger charge is 2.20. The lowest BCUT2D eigenvalue weighted by molar-refractivity contribution is 0.0531. The van der Waals surface area contributed by atoms with E-state index in [1.165, 1.54) is 17.7 Å². The fourth-order valence-corrected chi connectivity index (χ4v) is 4.37. The van der Waals surface area contributed by atoms with Gasteiger partial charge in [-0.1, -0.05) is 6.07 Å². The van der Waals surface area contributed by atoms with Gasteiger partial charge in [-0.3, -0.25) is 0 Å². The third kappa shape index (κ3) is 3.43. The molecule has 1 N–H and O–H groups in total. The van der Waals surface area contributed by atoms with Crippen molar-refractivity contribution in [2.24, 2.45) is 0 Å². The molecule has 138 valence electrons. The second-order valence-electron chi connectivity index (χ2n) is 5.65. The summed E-state index contributed by atoms with van der Waals surface area (Å²) < 4.78 is 10.7. The van der Waals surface area contributed by atoms with Crippen LogP contribution in [0.5, 0.6) is 0 Å². The molecule has 4 aromatic heterocycles. The summed E-state index contributed by atoms with van der Waals surface area (Å²) in [6.07, 6.45) is 3.11. The normalized spacial score (nSPS) is 11.0. The Morgan fingerprint density at radius 1 is 1.37 bits per heavy atom. The van der Waals surface area contributed by atoms with E-state index in [4.69, 9.17) is 9.15 Å². The minimum Gasteiger partial charge on any atom is -0.462 e. The summed E-state index contributed by atoms with van der Waals surface area (Å²) in [5, 5.41) is 6.08. The van der Waals surface area contributed by atoms with Gasteiger partial charge in [0.2, 0.25) is 5.89 Å². The van der Waals surface area contributed by atoms with E-state index in [1.54, 1.807) is 24.5 Å². The fourth-order valence-electron chi connectivity index (χ4n) is 2.67. The molecule has 0 unspecified atom stereocenters. The van der Waals surface area contributed by atoms with Crippen LogP contribution in [0.15, 0.2) is 34.5 Å². The van der Waals surface area contributed by atoms with E-state index in [1.807, 2.05) is 24.4 Å². The molecular formula is C18H16N4O3S2. The minimum atomic E-state index is -0.332. The van der Waals surface area contributed by atoms with E-state index in [0.29, 0.717) is 29.7 Å². The Morgan fingerprint density at radius 3 is 3.04 bits per heavy atom. The molecule has 0 saturated heterocycles. The molecule has 0 fully saturated rings. The quantitative estimate of drug-likeness (QED) is 0.476. The first-order chi connectivity index (χ1) is 13.2. The highest BCUT2D eigenvalue weighted by molar-refractivity contribution is 7.20. The van der Waals surface area contributed by atoms with Crippen molar-refractivity contribution in [2.75, 3.05) is 11.9 Å².